The molecule has 5 heteroatoms. The van der Waals surface area contributed by atoms with Gasteiger partial charge in [0.05, 0.1) is 24.8 Å². The summed E-state index contributed by atoms with van der Waals surface area (Å²) >= 11 is 0. The van der Waals surface area contributed by atoms with Crippen LogP contribution < -0.4 is 4.90 Å². The number of benzene rings is 1. The predicted octanol–water partition coefficient (Wildman–Crippen LogP) is 2.19. The number of para-hydroxylation sites is 1. The molecule has 1 aromatic carbocycles. The van der Waals surface area contributed by atoms with Crippen molar-refractivity contribution in [2.45, 2.75) is 24.9 Å². The van der Waals surface area contributed by atoms with E-state index in [1.165, 1.54) is 7.11 Å². The van der Waals surface area contributed by atoms with Crippen LogP contribution in [0.15, 0.2) is 42.5 Å². The molecular formula is C16H18N2O3. The van der Waals surface area contributed by atoms with Crippen molar-refractivity contribution >= 4 is 17.7 Å². The third kappa shape index (κ3) is 2.09. The average Bonchev–Trinajstić information content (AvgIpc) is 3.09. The van der Waals surface area contributed by atoms with E-state index in [1.54, 1.807) is 4.90 Å². The number of nitrogens with zero attached hydrogens (tertiary/aromatic N) is 2. The Morgan fingerprint density at radius 3 is 2.71 bits per heavy atom. The number of hydrogen-bond donors (Lipinski definition) is 0. The molecule has 2 saturated heterocycles. The molecule has 0 spiro atoms. The number of amides is 2. The highest BCUT2D eigenvalue weighted by molar-refractivity contribution is 6.01. The zero-order valence-electron chi connectivity index (χ0n) is 12.0. The van der Waals surface area contributed by atoms with Crippen molar-refractivity contribution in [3.8, 4) is 0 Å². The first-order chi connectivity index (χ1) is 10.1. The van der Waals surface area contributed by atoms with E-state index >= 15 is 0 Å². The minimum atomic E-state index is -0.456. The van der Waals surface area contributed by atoms with Gasteiger partial charge in [-0.2, -0.15) is 0 Å². The summed E-state index contributed by atoms with van der Waals surface area (Å²) < 4.78 is 4.80. The third-order valence-electron chi connectivity index (χ3n) is 4.23. The van der Waals surface area contributed by atoms with Crippen molar-refractivity contribution in [2.24, 2.45) is 0 Å². The Bertz CT molecular complexity index is 584. The number of hydrogen-bond acceptors (Lipinski definition) is 3. The van der Waals surface area contributed by atoms with Crippen LogP contribution in [0.1, 0.15) is 12.8 Å². The second kappa shape index (κ2) is 5.24. The maximum atomic E-state index is 12.7. The molecule has 5 nitrogen and oxygen atoms in total. The Hall–Kier alpha value is -2.30. The molecule has 0 N–H and O–H groups in total. The number of esters is 1. The molecule has 21 heavy (non-hydrogen) atoms. The Morgan fingerprint density at radius 1 is 1.33 bits per heavy atom. The summed E-state index contributed by atoms with van der Waals surface area (Å²) in [6, 6.07) is 9.00. The molecule has 0 aromatic heterocycles. The lowest BCUT2D eigenvalue weighted by Crippen LogP contribution is -2.40. The number of anilines is 1. The van der Waals surface area contributed by atoms with Gasteiger partial charge in [-0.1, -0.05) is 24.8 Å². The summed E-state index contributed by atoms with van der Waals surface area (Å²) in [6.45, 7) is 4.62. The van der Waals surface area contributed by atoms with Crippen LogP contribution in [0.5, 0.6) is 0 Å². The molecule has 0 bridgehead atoms. The Labute approximate surface area is 123 Å². The summed E-state index contributed by atoms with van der Waals surface area (Å²) in [6.07, 6.45) is 1.85. The predicted molar refractivity (Wildman–Crippen MR) is 79.0 cm³/mol. The fraction of sp³-hybridized carbons (Fsp3) is 0.375. The highest BCUT2D eigenvalue weighted by atomic mass is 16.5. The number of methoxy groups -OCH3 is 1. The molecular weight excluding hydrogens is 268 g/mol. The fourth-order valence-electron chi connectivity index (χ4n) is 3.29. The molecule has 0 saturated carbocycles. The fourth-order valence-corrected chi connectivity index (χ4v) is 3.29. The second-order valence-corrected chi connectivity index (χ2v) is 5.35. The Morgan fingerprint density at radius 2 is 2.05 bits per heavy atom. The average molecular weight is 286 g/mol. The number of fused-ring (bicyclic) bond motifs is 1. The van der Waals surface area contributed by atoms with Gasteiger partial charge in [-0.3, -0.25) is 4.90 Å². The van der Waals surface area contributed by atoms with E-state index in [0.717, 1.165) is 25.1 Å². The molecule has 0 aliphatic carbocycles. The zero-order chi connectivity index (χ0) is 15.0. The van der Waals surface area contributed by atoms with Crippen LogP contribution in [-0.2, 0) is 9.53 Å². The van der Waals surface area contributed by atoms with Gasteiger partial charge in [0.15, 0.2) is 0 Å². The van der Waals surface area contributed by atoms with E-state index in [1.807, 2.05) is 35.2 Å². The number of carbonyl (C=O) groups excluding carboxylic acids is 2. The maximum absolute atomic E-state index is 12.7. The van der Waals surface area contributed by atoms with E-state index in [4.69, 9.17) is 4.74 Å². The topological polar surface area (TPSA) is 49.9 Å². The zero-order valence-corrected chi connectivity index (χ0v) is 12.0. The molecule has 1 aromatic rings. The van der Waals surface area contributed by atoms with E-state index in [9.17, 15) is 9.59 Å². The van der Waals surface area contributed by atoms with Crippen LogP contribution in [0.25, 0.3) is 0 Å². The number of carbonyl (C=O) groups is 2. The van der Waals surface area contributed by atoms with Crippen molar-refractivity contribution in [1.29, 1.82) is 0 Å². The van der Waals surface area contributed by atoms with Crippen molar-refractivity contribution in [3.63, 3.8) is 0 Å². The van der Waals surface area contributed by atoms with Crippen LogP contribution in [0, 0.1) is 0 Å². The summed E-state index contributed by atoms with van der Waals surface area (Å²) in [7, 11) is 1.34. The molecule has 110 valence electrons. The molecule has 1 unspecified atom stereocenters. The van der Waals surface area contributed by atoms with E-state index in [0.29, 0.717) is 5.57 Å². The standard InChI is InChI=1S/C16H18N2O3/c1-11(15(19)21-2)14-13-9-6-10-17(13)16(20)18(14)12-7-4-3-5-8-12/h3-5,7-8,13-14H,1,6,9-10H2,2H3/t13-,14?/m0/s1. The molecule has 2 aliphatic rings. The molecule has 2 amide bonds. The first-order valence-electron chi connectivity index (χ1n) is 7.07. The quantitative estimate of drug-likeness (QED) is 0.632. The van der Waals surface area contributed by atoms with Gasteiger partial charge in [0.1, 0.15) is 0 Å². The summed E-state index contributed by atoms with van der Waals surface area (Å²) in [5.41, 5.74) is 1.12. The monoisotopic (exact) mass is 286 g/mol. The highest BCUT2D eigenvalue weighted by Gasteiger charge is 2.50. The molecule has 3 rings (SSSR count). The SMILES string of the molecule is C=C(C(=O)OC)C1[C@@H]2CCCN2C(=O)N1c1ccccc1. The van der Waals surface area contributed by atoms with Crippen molar-refractivity contribution in [3.05, 3.63) is 42.5 Å². The first-order valence-corrected chi connectivity index (χ1v) is 7.07. The third-order valence-corrected chi connectivity index (χ3v) is 4.23. The Balaban J connectivity index is 2.01. The summed E-state index contributed by atoms with van der Waals surface area (Å²) in [5, 5.41) is 0. The van der Waals surface area contributed by atoms with Gasteiger partial charge in [0.2, 0.25) is 0 Å². The van der Waals surface area contributed by atoms with Crippen molar-refractivity contribution in [1.82, 2.24) is 4.90 Å². The minimum absolute atomic E-state index is 0.00399. The largest absolute Gasteiger partial charge is 0.466 e. The molecule has 2 atom stereocenters. The van der Waals surface area contributed by atoms with Gasteiger partial charge < -0.3 is 9.64 Å². The molecule has 2 heterocycles. The summed E-state index contributed by atoms with van der Waals surface area (Å²) in [4.78, 5) is 28.1. The van der Waals surface area contributed by atoms with Gasteiger partial charge >= 0.3 is 12.0 Å². The van der Waals surface area contributed by atoms with E-state index in [2.05, 4.69) is 6.58 Å². The van der Waals surface area contributed by atoms with Crippen molar-refractivity contribution < 1.29 is 14.3 Å². The number of ether oxygens (including phenoxy) is 1. The van der Waals surface area contributed by atoms with Crippen LogP contribution in [0.3, 0.4) is 0 Å². The molecule has 0 radical (unpaired) electrons. The van der Waals surface area contributed by atoms with Gasteiger partial charge in [-0.25, -0.2) is 9.59 Å². The van der Waals surface area contributed by atoms with Crippen LogP contribution in [0.2, 0.25) is 0 Å². The molecule has 2 fully saturated rings. The number of rotatable bonds is 3. The highest BCUT2D eigenvalue weighted by Crippen LogP contribution is 2.37. The minimum Gasteiger partial charge on any atom is -0.466 e. The smallest absolute Gasteiger partial charge is 0.335 e. The lowest BCUT2D eigenvalue weighted by Gasteiger charge is -2.26. The van der Waals surface area contributed by atoms with E-state index < -0.39 is 5.97 Å². The maximum Gasteiger partial charge on any atom is 0.335 e. The van der Waals surface area contributed by atoms with Gasteiger partial charge in [-0.15, -0.1) is 0 Å². The molecule has 2 aliphatic heterocycles. The van der Waals surface area contributed by atoms with Crippen LogP contribution >= 0.6 is 0 Å². The van der Waals surface area contributed by atoms with Crippen LogP contribution in [-0.4, -0.2) is 42.6 Å². The van der Waals surface area contributed by atoms with Gasteiger partial charge in [0, 0.05) is 12.2 Å². The normalized spacial score (nSPS) is 24.1. The van der Waals surface area contributed by atoms with Crippen molar-refractivity contribution in [2.75, 3.05) is 18.6 Å². The van der Waals surface area contributed by atoms with Gasteiger partial charge in [-0.05, 0) is 25.0 Å². The Kier molecular flexibility index (Phi) is 3.41. The lowest BCUT2D eigenvalue weighted by molar-refractivity contribution is -0.136. The second-order valence-electron chi connectivity index (χ2n) is 5.35. The number of urea groups is 1. The van der Waals surface area contributed by atoms with Gasteiger partial charge in [0.25, 0.3) is 0 Å². The van der Waals surface area contributed by atoms with E-state index in [-0.39, 0.29) is 18.1 Å². The first kappa shape index (κ1) is 13.7. The lowest BCUT2D eigenvalue weighted by atomic mass is 9.98. The van der Waals surface area contributed by atoms with Crippen LogP contribution in [0.4, 0.5) is 10.5 Å². The summed E-state index contributed by atoms with van der Waals surface area (Å²) in [5.74, 6) is -0.456.